The lowest BCUT2D eigenvalue weighted by atomic mass is 10.1. The van der Waals surface area contributed by atoms with Crippen molar-refractivity contribution >= 4 is 34.0 Å². The maximum Gasteiger partial charge on any atom is 0.251 e. The van der Waals surface area contributed by atoms with Gasteiger partial charge >= 0.3 is 0 Å². The number of carbonyl (C=O) groups is 1. The van der Waals surface area contributed by atoms with Gasteiger partial charge in [0.15, 0.2) is 0 Å². The molecule has 0 radical (unpaired) electrons. The largest absolute Gasteiger partial charge is 0.497 e. The van der Waals surface area contributed by atoms with Crippen molar-refractivity contribution in [1.82, 2.24) is 15.3 Å². The fourth-order valence-electron chi connectivity index (χ4n) is 4.04. The van der Waals surface area contributed by atoms with E-state index in [4.69, 9.17) is 9.47 Å². The molecule has 1 aromatic heterocycles. The minimum atomic E-state index is -0.160. The first-order valence-corrected chi connectivity index (χ1v) is 11.6. The predicted molar refractivity (Wildman–Crippen MR) is 136 cm³/mol. The number of fused-ring (bicyclic) bond motifs is 1. The third kappa shape index (κ3) is 5.33. The van der Waals surface area contributed by atoms with Gasteiger partial charge in [0.1, 0.15) is 17.9 Å². The Kier molecular flexibility index (Phi) is 6.72. The molecule has 2 N–H and O–H groups in total. The summed E-state index contributed by atoms with van der Waals surface area (Å²) in [7, 11) is 1.63. The minimum Gasteiger partial charge on any atom is -0.497 e. The Balaban J connectivity index is 1.30. The van der Waals surface area contributed by atoms with E-state index in [2.05, 4.69) is 37.6 Å². The first-order chi connectivity index (χ1) is 17.2. The van der Waals surface area contributed by atoms with Gasteiger partial charge in [0.25, 0.3) is 5.91 Å². The van der Waals surface area contributed by atoms with E-state index in [1.54, 1.807) is 13.2 Å². The first kappa shape index (κ1) is 22.6. The van der Waals surface area contributed by atoms with E-state index in [0.29, 0.717) is 17.9 Å². The van der Waals surface area contributed by atoms with Crippen molar-refractivity contribution in [1.29, 1.82) is 0 Å². The number of methoxy groups -OCH3 is 1. The number of hydrogen-bond acceptors (Lipinski definition) is 7. The Morgan fingerprint density at radius 3 is 2.51 bits per heavy atom. The minimum absolute atomic E-state index is 0.160. The number of benzene rings is 3. The van der Waals surface area contributed by atoms with Gasteiger partial charge in [0.2, 0.25) is 0 Å². The number of ether oxygens (including phenoxy) is 2. The number of hydrogen-bond donors (Lipinski definition) is 2. The van der Waals surface area contributed by atoms with Crippen molar-refractivity contribution in [2.45, 2.75) is 6.54 Å². The molecule has 8 heteroatoms. The summed E-state index contributed by atoms with van der Waals surface area (Å²) in [5.41, 5.74) is 4.38. The van der Waals surface area contributed by atoms with Crippen LogP contribution in [0.25, 0.3) is 10.9 Å². The fraction of sp³-hybridized carbons (Fsp3) is 0.222. The number of nitrogens with one attached hydrogen (secondary N) is 2. The monoisotopic (exact) mass is 469 g/mol. The highest BCUT2D eigenvalue weighted by Crippen LogP contribution is 2.26. The van der Waals surface area contributed by atoms with Gasteiger partial charge in [0, 0.05) is 42.0 Å². The number of anilines is 3. The lowest BCUT2D eigenvalue weighted by molar-refractivity contribution is 0.0951. The van der Waals surface area contributed by atoms with Crippen LogP contribution in [0.2, 0.25) is 0 Å². The summed E-state index contributed by atoms with van der Waals surface area (Å²) in [6.07, 6.45) is 1.52. The molecule has 8 nitrogen and oxygen atoms in total. The topological polar surface area (TPSA) is 88.6 Å². The molecule has 0 atom stereocenters. The van der Waals surface area contributed by atoms with Gasteiger partial charge in [-0.2, -0.15) is 0 Å². The predicted octanol–water partition coefficient (Wildman–Crippen LogP) is 4.15. The van der Waals surface area contributed by atoms with Crippen molar-refractivity contribution in [3.8, 4) is 5.75 Å². The number of morpholine rings is 1. The lowest BCUT2D eigenvalue weighted by Crippen LogP contribution is -2.36. The Labute approximate surface area is 203 Å². The molecule has 2 heterocycles. The fourth-order valence-corrected chi connectivity index (χ4v) is 4.04. The maximum absolute atomic E-state index is 12.8. The summed E-state index contributed by atoms with van der Waals surface area (Å²) >= 11 is 0. The number of rotatable bonds is 7. The second-order valence-electron chi connectivity index (χ2n) is 8.26. The third-order valence-corrected chi connectivity index (χ3v) is 6.02. The lowest BCUT2D eigenvalue weighted by Gasteiger charge is -2.28. The molecule has 1 amide bonds. The molecule has 35 heavy (non-hydrogen) atoms. The quantitative estimate of drug-likeness (QED) is 0.420. The second kappa shape index (κ2) is 10.4. The normalized spacial score (nSPS) is 13.5. The molecule has 3 aromatic carbocycles. The van der Waals surface area contributed by atoms with Crippen LogP contribution in [-0.4, -0.2) is 49.3 Å². The first-order valence-electron chi connectivity index (χ1n) is 11.6. The van der Waals surface area contributed by atoms with Gasteiger partial charge in [-0.05, 0) is 60.2 Å². The molecule has 0 saturated carbocycles. The molecule has 178 valence electrons. The molecule has 1 aliphatic rings. The molecule has 0 spiro atoms. The van der Waals surface area contributed by atoms with Gasteiger partial charge in [-0.1, -0.05) is 12.1 Å². The zero-order valence-electron chi connectivity index (χ0n) is 19.5. The van der Waals surface area contributed by atoms with Crippen LogP contribution in [-0.2, 0) is 11.3 Å². The zero-order chi connectivity index (χ0) is 24.0. The van der Waals surface area contributed by atoms with Crippen LogP contribution in [0.4, 0.5) is 17.2 Å². The molecule has 0 aliphatic carbocycles. The number of amides is 1. The Morgan fingerprint density at radius 2 is 1.77 bits per heavy atom. The van der Waals surface area contributed by atoms with Crippen molar-refractivity contribution in [3.63, 3.8) is 0 Å². The average molecular weight is 470 g/mol. The zero-order valence-corrected chi connectivity index (χ0v) is 19.5. The summed E-state index contributed by atoms with van der Waals surface area (Å²) in [4.78, 5) is 23.9. The summed E-state index contributed by atoms with van der Waals surface area (Å²) in [6, 6.07) is 21.3. The smallest absolute Gasteiger partial charge is 0.251 e. The Bertz CT molecular complexity index is 1300. The van der Waals surface area contributed by atoms with Crippen molar-refractivity contribution in [2.24, 2.45) is 0 Å². The van der Waals surface area contributed by atoms with Gasteiger partial charge in [-0.25, -0.2) is 9.97 Å². The number of aromatic nitrogens is 2. The van der Waals surface area contributed by atoms with Crippen LogP contribution < -0.4 is 20.3 Å². The van der Waals surface area contributed by atoms with E-state index in [1.165, 1.54) is 12.0 Å². The summed E-state index contributed by atoms with van der Waals surface area (Å²) in [5.74, 6) is 1.27. The Morgan fingerprint density at radius 1 is 1.00 bits per heavy atom. The number of nitrogens with zero attached hydrogens (tertiary/aromatic N) is 3. The molecule has 1 saturated heterocycles. The average Bonchev–Trinajstić information content (AvgIpc) is 2.93. The van der Waals surface area contributed by atoms with E-state index >= 15 is 0 Å². The van der Waals surface area contributed by atoms with Crippen LogP contribution in [0, 0.1) is 0 Å². The molecule has 1 fully saturated rings. The molecule has 0 unspecified atom stereocenters. The van der Waals surface area contributed by atoms with Gasteiger partial charge in [0.05, 0.1) is 25.8 Å². The van der Waals surface area contributed by atoms with Gasteiger partial charge in [-0.15, -0.1) is 0 Å². The van der Waals surface area contributed by atoms with Crippen LogP contribution in [0.3, 0.4) is 0 Å². The van der Waals surface area contributed by atoms with Crippen molar-refractivity contribution < 1.29 is 14.3 Å². The SMILES string of the molecule is COc1ccc(CNC(=O)c2ccc3ncnc(Nc4ccc(N5CCOCC5)cc4)c3c2)cc1. The summed E-state index contributed by atoms with van der Waals surface area (Å²) in [5, 5.41) is 7.12. The molecular formula is C27H27N5O3. The van der Waals surface area contributed by atoms with Crippen LogP contribution in [0.5, 0.6) is 5.75 Å². The standard InChI is InChI=1S/C27H27N5O3/c1-34-23-9-2-19(3-10-23)17-28-27(33)20-4-11-25-24(16-20)26(30-18-29-25)31-21-5-7-22(8-6-21)32-12-14-35-15-13-32/h2-11,16,18H,12-15,17H2,1H3,(H,28,33)(H,29,30,31). The van der Waals surface area contributed by atoms with Crippen molar-refractivity contribution in [3.05, 3.63) is 84.2 Å². The molecule has 4 aromatic rings. The molecular weight excluding hydrogens is 442 g/mol. The highest BCUT2D eigenvalue weighted by Gasteiger charge is 2.13. The van der Waals surface area contributed by atoms with E-state index in [9.17, 15) is 4.79 Å². The van der Waals surface area contributed by atoms with E-state index in [0.717, 1.165) is 54.2 Å². The van der Waals surface area contributed by atoms with Crippen LogP contribution >= 0.6 is 0 Å². The summed E-state index contributed by atoms with van der Waals surface area (Å²) in [6.45, 7) is 3.72. The van der Waals surface area contributed by atoms with Crippen LogP contribution in [0.15, 0.2) is 73.1 Å². The van der Waals surface area contributed by atoms with E-state index in [1.807, 2.05) is 48.5 Å². The molecule has 0 bridgehead atoms. The molecule has 1 aliphatic heterocycles. The third-order valence-electron chi connectivity index (χ3n) is 6.02. The van der Waals surface area contributed by atoms with Gasteiger partial charge < -0.3 is 25.0 Å². The maximum atomic E-state index is 12.8. The van der Waals surface area contributed by atoms with E-state index < -0.39 is 0 Å². The highest BCUT2D eigenvalue weighted by atomic mass is 16.5. The van der Waals surface area contributed by atoms with Crippen LogP contribution in [0.1, 0.15) is 15.9 Å². The summed E-state index contributed by atoms with van der Waals surface area (Å²) < 4.78 is 10.6. The highest BCUT2D eigenvalue weighted by molar-refractivity contribution is 6.00. The van der Waals surface area contributed by atoms with E-state index in [-0.39, 0.29) is 5.91 Å². The second-order valence-corrected chi connectivity index (χ2v) is 8.26. The number of carbonyl (C=O) groups excluding carboxylic acids is 1. The Hall–Kier alpha value is -4.17. The van der Waals surface area contributed by atoms with Gasteiger partial charge in [-0.3, -0.25) is 4.79 Å². The molecule has 5 rings (SSSR count). The van der Waals surface area contributed by atoms with Crippen molar-refractivity contribution in [2.75, 3.05) is 43.6 Å².